The Morgan fingerprint density at radius 2 is 2.47 bits per heavy atom. The van der Waals surface area contributed by atoms with E-state index in [1.165, 1.54) is 6.33 Å². The van der Waals surface area contributed by atoms with Crippen molar-refractivity contribution in [2.24, 2.45) is 5.92 Å². The van der Waals surface area contributed by atoms with Gasteiger partial charge in [-0.05, 0) is 31.8 Å². The topological polar surface area (TPSA) is 66.9 Å². The molecule has 17 heavy (non-hydrogen) atoms. The predicted molar refractivity (Wildman–Crippen MR) is 65.9 cm³/mol. The molecule has 1 aromatic rings. The summed E-state index contributed by atoms with van der Waals surface area (Å²) in [6, 6.07) is 1.54. The lowest BCUT2D eigenvalue weighted by Crippen LogP contribution is -2.32. The van der Waals surface area contributed by atoms with Crippen LogP contribution in [0.1, 0.15) is 19.3 Å². The van der Waals surface area contributed by atoms with Crippen molar-refractivity contribution < 1.29 is 4.79 Å². The molecule has 1 atom stereocenters. The first-order valence-electron chi connectivity index (χ1n) is 5.72. The third kappa shape index (κ3) is 3.94. The number of amides is 1. The first-order valence-corrected chi connectivity index (χ1v) is 6.10. The van der Waals surface area contributed by atoms with E-state index in [4.69, 9.17) is 11.6 Å². The maximum atomic E-state index is 11.7. The lowest BCUT2D eigenvalue weighted by molar-refractivity contribution is -0.117. The third-order valence-corrected chi connectivity index (χ3v) is 2.98. The Morgan fingerprint density at radius 1 is 1.59 bits per heavy atom. The normalized spacial score (nSPS) is 19.9. The van der Waals surface area contributed by atoms with Gasteiger partial charge in [-0.3, -0.25) is 4.79 Å². The van der Waals surface area contributed by atoms with Gasteiger partial charge in [0, 0.05) is 12.5 Å². The van der Waals surface area contributed by atoms with Gasteiger partial charge in [-0.25, -0.2) is 9.97 Å². The second-order valence-corrected chi connectivity index (χ2v) is 4.58. The molecule has 5 nitrogen and oxygen atoms in total. The molecule has 1 fully saturated rings. The second kappa shape index (κ2) is 5.93. The van der Waals surface area contributed by atoms with Crippen molar-refractivity contribution >= 4 is 23.3 Å². The van der Waals surface area contributed by atoms with Crippen LogP contribution in [0.4, 0.5) is 5.82 Å². The van der Waals surface area contributed by atoms with Crippen molar-refractivity contribution in [1.82, 2.24) is 15.3 Å². The van der Waals surface area contributed by atoms with Gasteiger partial charge in [-0.1, -0.05) is 11.6 Å². The van der Waals surface area contributed by atoms with Gasteiger partial charge in [0.05, 0.1) is 0 Å². The molecule has 0 spiro atoms. The number of aromatic nitrogens is 2. The van der Waals surface area contributed by atoms with Gasteiger partial charge in [0.2, 0.25) is 5.91 Å². The van der Waals surface area contributed by atoms with Crippen molar-refractivity contribution in [3.8, 4) is 0 Å². The highest BCUT2D eigenvalue weighted by Crippen LogP contribution is 2.15. The number of halogens is 1. The molecule has 2 heterocycles. The molecule has 92 valence electrons. The van der Waals surface area contributed by atoms with E-state index >= 15 is 0 Å². The standard InChI is InChI=1S/C11H15ClN4O/c12-9-5-10(15-7-14-9)16-11(17)4-8-2-1-3-13-6-8/h5,7-8,13H,1-4,6H2,(H,14,15,16,17). The van der Waals surface area contributed by atoms with Crippen molar-refractivity contribution in [3.63, 3.8) is 0 Å². The number of anilines is 1. The van der Waals surface area contributed by atoms with Gasteiger partial charge in [-0.2, -0.15) is 0 Å². The van der Waals surface area contributed by atoms with Crippen LogP contribution in [0, 0.1) is 5.92 Å². The summed E-state index contributed by atoms with van der Waals surface area (Å²) in [4.78, 5) is 19.4. The molecule has 6 heteroatoms. The summed E-state index contributed by atoms with van der Waals surface area (Å²) < 4.78 is 0. The van der Waals surface area contributed by atoms with Crippen LogP contribution in [-0.2, 0) is 4.79 Å². The van der Waals surface area contributed by atoms with Crippen LogP contribution in [0.5, 0.6) is 0 Å². The zero-order valence-corrected chi connectivity index (χ0v) is 10.2. The minimum atomic E-state index is -0.0199. The minimum Gasteiger partial charge on any atom is -0.316 e. The van der Waals surface area contributed by atoms with Crippen LogP contribution < -0.4 is 10.6 Å². The minimum absolute atomic E-state index is 0.0199. The Bertz CT molecular complexity index is 393. The van der Waals surface area contributed by atoms with Crippen molar-refractivity contribution in [2.75, 3.05) is 18.4 Å². The number of piperidine rings is 1. The second-order valence-electron chi connectivity index (χ2n) is 4.19. The molecule has 1 amide bonds. The molecule has 0 radical (unpaired) electrons. The monoisotopic (exact) mass is 254 g/mol. The Morgan fingerprint density at radius 3 is 3.18 bits per heavy atom. The fraction of sp³-hybridized carbons (Fsp3) is 0.545. The lowest BCUT2D eigenvalue weighted by Gasteiger charge is -2.21. The summed E-state index contributed by atoms with van der Waals surface area (Å²) in [6.45, 7) is 1.97. The lowest BCUT2D eigenvalue weighted by atomic mass is 9.96. The van der Waals surface area contributed by atoms with E-state index < -0.39 is 0 Å². The highest BCUT2D eigenvalue weighted by atomic mass is 35.5. The van der Waals surface area contributed by atoms with Crippen LogP contribution in [0.2, 0.25) is 5.15 Å². The fourth-order valence-corrected chi connectivity index (χ4v) is 2.10. The first-order chi connectivity index (χ1) is 8.24. The summed E-state index contributed by atoms with van der Waals surface area (Å²) >= 11 is 5.71. The summed E-state index contributed by atoms with van der Waals surface area (Å²) in [7, 11) is 0. The quantitative estimate of drug-likeness (QED) is 0.802. The van der Waals surface area contributed by atoms with Gasteiger partial charge >= 0.3 is 0 Å². The molecule has 1 aliphatic rings. The molecule has 0 aromatic carbocycles. The van der Waals surface area contributed by atoms with E-state index in [9.17, 15) is 4.79 Å². The van der Waals surface area contributed by atoms with Crippen LogP contribution in [0.3, 0.4) is 0 Å². The number of nitrogens with zero attached hydrogens (tertiary/aromatic N) is 2. The summed E-state index contributed by atoms with van der Waals surface area (Å²) in [5.74, 6) is 0.855. The Hall–Kier alpha value is -1.20. The number of carbonyl (C=O) groups is 1. The molecular formula is C11H15ClN4O. The average molecular weight is 255 g/mol. The third-order valence-electron chi connectivity index (χ3n) is 2.77. The molecule has 0 saturated carbocycles. The van der Waals surface area contributed by atoms with Gasteiger partial charge in [-0.15, -0.1) is 0 Å². The predicted octanol–water partition coefficient (Wildman–Crippen LogP) is 1.46. The van der Waals surface area contributed by atoms with E-state index in [0.29, 0.717) is 23.3 Å². The van der Waals surface area contributed by atoms with Crippen LogP contribution >= 0.6 is 11.6 Å². The molecule has 2 N–H and O–H groups in total. The van der Waals surface area contributed by atoms with E-state index in [2.05, 4.69) is 20.6 Å². The Kier molecular flexibility index (Phi) is 4.28. The van der Waals surface area contributed by atoms with E-state index in [1.807, 2.05) is 0 Å². The van der Waals surface area contributed by atoms with Crippen molar-refractivity contribution in [1.29, 1.82) is 0 Å². The van der Waals surface area contributed by atoms with Crippen LogP contribution in [0.15, 0.2) is 12.4 Å². The first kappa shape index (κ1) is 12.3. The Balaban J connectivity index is 1.84. The molecule has 1 saturated heterocycles. The van der Waals surface area contributed by atoms with Crippen LogP contribution in [0.25, 0.3) is 0 Å². The summed E-state index contributed by atoms with van der Waals surface area (Å²) in [6.07, 6.45) is 4.09. The van der Waals surface area contributed by atoms with E-state index in [1.54, 1.807) is 6.07 Å². The van der Waals surface area contributed by atoms with E-state index in [-0.39, 0.29) is 5.91 Å². The molecule has 1 aromatic heterocycles. The van der Waals surface area contributed by atoms with Gasteiger partial charge in [0.25, 0.3) is 0 Å². The summed E-state index contributed by atoms with van der Waals surface area (Å²) in [5, 5.41) is 6.34. The molecule has 1 aliphatic heterocycles. The zero-order valence-electron chi connectivity index (χ0n) is 9.45. The van der Waals surface area contributed by atoms with Crippen molar-refractivity contribution in [3.05, 3.63) is 17.5 Å². The number of nitrogens with one attached hydrogen (secondary N) is 2. The number of hydrogen-bond acceptors (Lipinski definition) is 4. The fourth-order valence-electron chi connectivity index (χ4n) is 1.96. The van der Waals surface area contributed by atoms with Crippen LogP contribution in [-0.4, -0.2) is 29.0 Å². The zero-order chi connectivity index (χ0) is 12.1. The van der Waals surface area contributed by atoms with Gasteiger partial charge in [0.15, 0.2) is 0 Å². The molecule has 2 rings (SSSR count). The highest BCUT2D eigenvalue weighted by molar-refractivity contribution is 6.29. The van der Waals surface area contributed by atoms with Gasteiger partial charge in [0.1, 0.15) is 17.3 Å². The molecule has 0 aliphatic carbocycles. The highest BCUT2D eigenvalue weighted by Gasteiger charge is 2.16. The maximum absolute atomic E-state index is 11.7. The molecular weight excluding hydrogens is 240 g/mol. The number of rotatable bonds is 3. The largest absolute Gasteiger partial charge is 0.316 e. The number of carbonyl (C=O) groups excluding carboxylic acids is 1. The van der Waals surface area contributed by atoms with E-state index in [0.717, 1.165) is 25.9 Å². The summed E-state index contributed by atoms with van der Waals surface area (Å²) in [5.41, 5.74) is 0. The van der Waals surface area contributed by atoms with Gasteiger partial charge < -0.3 is 10.6 Å². The molecule has 1 unspecified atom stereocenters. The van der Waals surface area contributed by atoms with Crippen molar-refractivity contribution in [2.45, 2.75) is 19.3 Å². The maximum Gasteiger partial charge on any atom is 0.225 e. The number of hydrogen-bond donors (Lipinski definition) is 2. The molecule has 0 bridgehead atoms. The SMILES string of the molecule is O=C(CC1CCCNC1)Nc1cc(Cl)ncn1. The smallest absolute Gasteiger partial charge is 0.225 e. The Labute approximate surface area is 105 Å². The average Bonchev–Trinajstić information content (AvgIpc) is 2.30.